The molecule has 0 saturated heterocycles. The van der Waals surface area contributed by atoms with Crippen LogP contribution in [0.4, 0.5) is 22.7 Å². The van der Waals surface area contributed by atoms with Crippen LogP contribution in [0.2, 0.25) is 0 Å². The van der Waals surface area contributed by atoms with Crippen LogP contribution in [-0.2, 0) is 0 Å². The molecule has 7 rings (SSSR count). The van der Waals surface area contributed by atoms with Crippen LogP contribution >= 0.6 is 0 Å². The van der Waals surface area contributed by atoms with Crippen molar-refractivity contribution in [2.75, 3.05) is 10.6 Å². The van der Waals surface area contributed by atoms with E-state index in [-0.39, 0.29) is 12.3 Å². The maximum atomic E-state index is 3.84. The highest BCUT2D eigenvalue weighted by Gasteiger charge is 2.35. The summed E-state index contributed by atoms with van der Waals surface area (Å²) in [6.07, 6.45) is 4.51. The van der Waals surface area contributed by atoms with Crippen molar-refractivity contribution in [2.24, 2.45) is 0 Å². The van der Waals surface area contributed by atoms with Crippen LogP contribution in [0.3, 0.4) is 0 Å². The molecule has 0 fully saturated rings. The van der Waals surface area contributed by atoms with Crippen molar-refractivity contribution in [1.82, 2.24) is 0 Å². The van der Waals surface area contributed by atoms with Gasteiger partial charge in [0.05, 0.1) is 22.5 Å². The minimum Gasteiger partial charge on any atom is -0.323 e. The van der Waals surface area contributed by atoms with Crippen molar-refractivity contribution in [3.63, 3.8) is 0 Å². The molecular formula is C38H36N4+2. The molecule has 2 aliphatic heterocycles. The lowest BCUT2D eigenvalue weighted by molar-refractivity contribution is -0.481. The first-order chi connectivity index (χ1) is 20.5. The first kappa shape index (κ1) is 26.0. The minimum atomic E-state index is -0.0323. The molecule has 2 N–H and O–H groups in total. The zero-order valence-corrected chi connectivity index (χ0v) is 24.6. The first-order valence-electron chi connectivity index (χ1n) is 14.7. The van der Waals surface area contributed by atoms with Gasteiger partial charge in [-0.3, -0.25) is 0 Å². The molecule has 0 saturated carbocycles. The first-order valence-corrected chi connectivity index (χ1v) is 14.7. The van der Waals surface area contributed by atoms with Crippen LogP contribution in [-0.4, -0.2) is 21.6 Å². The molecule has 2 aliphatic rings. The molecule has 0 aromatic heterocycles. The number of aryl methyl sites for hydroxylation is 4. The third kappa shape index (κ3) is 4.50. The number of anilines is 2. The molecule has 0 radical (unpaired) electrons. The van der Waals surface area contributed by atoms with Crippen molar-refractivity contribution in [2.45, 2.75) is 40.0 Å². The van der Waals surface area contributed by atoms with Crippen LogP contribution in [0.5, 0.6) is 0 Å². The van der Waals surface area contributed by atoms with Gasteiger partial charge in [-0.05, 0) is 76.2 Å². The van der Waals surface area contributed by atoms with Gasteiger partial charge >= 0.3 is 0 Å². The summed E-state index contributed by atoms with van der Waals surface area (Å²) in [6.45, 7) is 8.79. The average molecular weight is 549 g/mol. The molecule has 2 heterocycles. The number of hydrogen-bond acceptors (Lipinski definition) is 2. The number of benzene rings is 5. The monoisotopic (exact) mass is 548 g/mol. The number of rotatable bonds is 4. The van der Waals surface area contributed by atoms with Crippen LogP contribution in [0, 0.1) is 27.7 Å². The molecule has 2 atom stereocenters. The summed E-state index contributed by atoms with van der Waals surface area (Å²) in [5.74, 6) is 0. The zero-order valence-electron chi connectivity index (χ0n) is 24.6. The Morgan fingerprint density at radius 1 is 0.429 bits per heavy atom. The van der Waals surface area contributed by atoms with Crippen molar-refractivity contribution in [1.29, 1.82) is 0 Å². The summed E-state index contributed by atoms with van der Waals surface area (Å²) >= 11 is 0. The summed E-state index contributed by atoms with van der Waals surface area (Å²) in [4.78, 5) is 0. The van der Waals surface area contributed by atoms with Gasteiger partial charge in [0.25, 0.3) is 12.3 Å². The zero-order chi connectivity index (χ0) is 28.8. The Kier molecular flexibility index (Phi) is 6.47. The summed E-state index contributed by atoms with van der Waals surface area (Å²) in [6, 6.07) is 39.2. The molecule has 0 aliphatic carbocycles. The Labute approximate surface area is 248 Å². The van der Waals surface area contributed by atoms with Gasteiger partial charge in [-0.2, -0.15) is 9.15 Å². The minimum absolute atomic E-state index is 0.0323. The number of fused-ring (bicyclic) bond motifs is 2. The van der Waals surface area contributed by atoms with E-state index < -0.39 is 0 Å². The Morgan fingerprint density at radius 2 is 0.786 bits per heavy atom. The number of hydrogen-bond donors (Lipinski definition) is 2. The summed E-state index contributed by atoms with van der Waals surface area (Å²) in [5, 5.41) is 7.68. The third-order valence-corrected chi connectivity index (χ3v) is 8.58. The Hall–Kier alpha value is -4.96. The molecule has 4 heteroatoms. The fourth-order valence-corrected chi connectivity index (χ4v) is 6.53. The Balaban J connectivity index is 1.31. The highest BCUT2D eigenvalue weighted by Crippen LogP contribution is 2.38. The molecule has 0 bridgehead atoms. The highest BCUT2D eigenvalue weighted by molar-refractivity contribution is 5.88. The fourth-order valence-electron chi connectivity index (χ4n) is 6.53. The van der Waals surface area contributed by atoms with Crippen molar-refractivity contribution < 1.29 is 9.15 Å². The fraction of sp³-hybridized carbons (Fsp3) is 0.158. The molecule has 5 aromatic carbocycles. The van der Waals surface area contributed by atoms with Crippen LogP contribution < -0.4 is 10.6 Å². The van der Waals surface area contributed by atoms with Gasteiger partial charge in [0, 0.05) is 33.4 Å². The van der Waals surface area contributed by atoms with Gasteiger partial charge in [-0.15, -0.1) is 0 Å². The smallest absolute Gasteiger partial charge is 0.258 e. The Morgan fingerprint density at radius 3 is 1.17 bits per heavy atom. The molecule has 0 spiro atoms. The molecule has 5 aromatic rings. The topological polar surface area (TPSA) is 30.1 Å². The van der Waals surface area contributed by atoms with E-state index in [1.54, 1.807) is 0 Å². The van der Waals surface area contributed by atoms with E-state index in [1.165, 1.54) is 55.9 Å². The summed E-state index contributed by atoms with van der Waals surface area (Å²) in [7, 11) is 0. The lowest BCUT2D eigenvalue weighted by Gasteiger charge is -2.26. The van der Waals surface area contributed by atoms with Crippen LogP contribution in [0.25, 0.3) is 0 Å². The van der Waals surface area contributed by atoms with Gasteiger partial charge in [0.2, 0.25) is 11.4 Å². The second-order valence-electron chi connectivity index (χ2n) is 11.5. The number of nitrogens with zero attached hydrogens (tertiary/aromatic N) is 2. The standard InChI is InChI=1S/C38H34N4/c1-25-11-9-12-26(2)35(25)41-23-31-15-5-7-17-33(31)39-37(41)29-19-21-30(22-20-29)38-40-34-18-8-6-16-32(34)24-42(38)36-27(3)13-10-14-28(36)4/h5-24,37-38H,1-4H3/p+2. The molecule has 206 valence electrons. The van der Waals surface area contributed by atoms with E-state index in [0.29, 0.717) is 0 Å². The van der Waals surface area contributed by atoms with Gasteiger partial charge in [-0.25, -0.2) is 0 Å². The predicted molar refractivity (Wildman–Crippen MR) is 174 cm³/mol. The normalized spacial score (nSPS) is 17.2. The summed E-state index contributed by atoms with van der Waals surface area (Å²) < 4.78 is 4.79. The lowest BCUT2D eigenvalue weighted by atomic mass is 10.00. The Bertz CT molecular complexity index is 1700. The molecule has 42 heavy (non-hydrogen) atoms. The van der Waals surface area contributed by atoms with E-state index in [1.807, 2.05) is 0 Å². The predicted octanol–water partition coefficient (Wildman–Crippen LogP) is 8.70. The van der Waals surface area contributed by atoms with E-state index in [4.69, 9.17) is 0 Å². The SMILES string of the molecule is Cc1cccc(C)c1[N+]1=Cc2ccccc2NC1c1ccc(C2Nc3ccccc3C=[N+]2c2c(C)cccc2C)cc1. The number of para-hydroxylation sites is 4. The number of nitrogens with one attached hydrogen (secondary N) is 2. The second-order valence-corrected chi connectivity index (χ2v) is 11.5. The van der Waals surface area contributed by atoms with E-state index in [9.17, 15) is 0 Å². The van der Waals surface area contributed by atoms with Crippen molar-refractivity contribution in [3.05, 3.63) is 154 Å². The van der Waals surface area contributed by atoms with Crippen molar-refractivity contribution >= 4 is 35.2 Å². The quantitative estimate of drug-likeness (QED) is 0.220. The molecule has 4 nitrogen and oxygen atoms in total. The third-order valence-electron chi connectivity index (χ3n) is 8.58. The van der Waals surface area contributed by atoms with E-state index in [0.717, 1.165) is 11.4 Å². The molecular weight excluding hydrogens is 512 g/mol. The maximum absolute atomic E-state index is 3.84. The molecule has 2 unspecified atom stereocenters. The highest BCUT2D eigenvalue weighted by atomic mass is 15.2. The average Bonchev–Trinajstić information content (AvgIpc) is 3.00. The van der Waals surface area contributed by atoms with Gasteiger partial charge in [0.15, 0.2) is 12.4 Å². The van der Waals surface area contributed by atoms with Gasteiger partial charge < -0.3 is 10.6 Å². The summed E-state index contributed by atoms with van der Waals surface area (Å²) in [5.41, 5.74) is 14.7. The van der Waals surface area contributed by atoms with Crippen molar-refractivity contribution in [3.8, 4) is 0 Å². The van der Waals surface area contributed by atoms with Gasteiger partial charge in [0.1, 0.15) is 0 Å². The maximum Gasteiger partial charge on any atom is 0.258 e. The lowest BCUT2D eigenvalue weighted by Crippen LogP contribution is -2.30. The largest absolute Gasteiger partial charge is 0.323 e. The van der Waals surface area contributed by atoms with E-state index >= 15 is 0 Å². The van der Waals surface area contributed by atoms with Crippen LogP contribution in [0.15, 0.2) is 109 Å². The van der Waals surface area contributed by atoms with Gasteiger partial charge in [-0.1, -0.05) is 60.7 Å². The van der Waals surface area contributed by atoms with Crippen LogP contribution in [0.1, 0.15) is 56.8 Å². The molecule has 0 amide bonds. The second kappa shape index (κ2) is 10.5. The van der Waals surface area contributed by atoms with E-state index in [2.05, 4.69) is 169 Å².